The summed E-state index contributed by atoms with van der Waals surface area (Å²) in [7, 11) is 0. The van der Waals surface area contributed by atoms with Crippen molar-refractivity contribution in [2.24, 2.45) is 5.92 Å². The molecular formula is C14H19NO. The lowest BCUT2D eigenvalue weighted by Crippen LogP contribution is -2.30. The highest BCUT2D eigenvalue weighted by atomic mass is 16.1. The Balaban J connectivity index is 1.87. The van der Waals surface area contributed by atoms with Gasteiger partial charge in [-0.3, -0.25) is 9.69 Å². The zero-order valence-corrected chi connectivity index (χ0v) is 9.86. The number of hydrogen-bond acceptors (Lipinski definition) is 2. The van der Waals surface area contributed by atoms with Crippen molar-refractivity contribution in [3.8, 4) is 0 Å². The van der Waals surface area contributed by atoms with Crippen LogP contribution in [0.3, 0.4) is 0 Å². The van der Waals surface area contributed by atoms with Crippen LogP contribution in [-0.2, 0) is 11.3 Å². The number of likely N-dealkylation sites (N-methyl/N-ethyl adjacent to an activating group) is 1. The van der Waals surface area contributed by atoms with Crippen LogP contribution in [0.5, 0.6) is 0 Å². The predicted octanol–water partition coefficient (Wildman–Crippen LogP) is 2.49. The normalized spacial score (nSPS) is 15.4. The fourth-order valence-corrected chi connectivity index (χ4v) is 1.88. The molecule has 1 aromatic carbocycles. The molecule has 16 heavy (non-hydrogen) atoms. The molecule has 1 aromatic rings. The lowest BCUT2D eigenvalue weighted by molar-refractivity contribution is -0.121. The van der Waals surface area contributed by atoms with Crippen LogP contribution in [-0.4, -0.2) is 23.8 Å². The summed E-state index contributed by atoms with van der Waals surface area (Å²) >= 11 is 0. The molecule has 0 amide bonds. The number of Topliss-reactive ketones (excluding diaryl/α,β-unsaturated/α-hetero) is 1. The molecule has 1 aliphatic carbocycles. The Morgan fingerprint density at radius 1 is 1.31 bits per heavy atom. The van der Waals surface area contributed by atoms with Crippen LogP contribution in [0.2, 0.25) is 0 Å². The van der Waals surface area contributed by atoms with E-state index < -0.39 is 0 Å². The minimum absolute atomic E-state index is 0.379. The lowest BCUT2D eigenvalue weighted by Gasteiger charge is -2.19. The summed E-state index contributed by atoms with van der Waals surface area (Å²) in [5.74, 6) is 0.808. The van der Waals surface area contributed by atoms with Gasteiger partial charge >= 0.3 is 0 Å². The Hall–Kier alpha value is -1.15. The number of nitrogens with zero attached hydrogens (tertiary/aromatic N) is 1. The average Bonchev–Trinajstić information content (AvgIpc) is 3.13. The Morgan fingerprint density at radius 3 is 2.56 bits per heavy atom. The molecule has 2 heteroatoms. The molecule has 1 fully saturated rings. The Bertz CT molecular complexity index is 343. The quantitative estimate of drug-likeness (QED) is 0.729. The molecule has 1 saturated carbocycles. The SMILES string of the molecule is CCN(CC(=O)C1CC1)Cc1ccccc1. The van der Waals surface area contributed by atoms with E-state index in [1.54, 1.807) is 0 Å². The fraction of sp³-hybridized carbons (Fsp3) is 0.500. The Labute approximate surface area is 97.3 Å². The van der Waals surface area contributed by atoms with Crippen LogP contribution in [0.15, 0.2) is 30.3 Å². The molecule has 0 unspecified atom stereocenters. The maximum absolute atomic E-state index is 11.7. The molecule has 1 aliphatic rings. The van der Waals surface area contributed by atoms with Crippen molar-refractivity contribution in [2.45, 2.75) is 26.3 Å². The van der Waals surface area contributed by atoms with E-state index in [1.807, 2.05) is 18.2 Å². The first-order valence-corrected chi connectivity index (χ1v) is 6.08. The van der Waals surface area contributed by atoms with Gasteiger partial charge in [-0.05, 0) is 24.9 Å². The highest BCUT2D eigenvalue weighted by molar-refractivity contribution is 5.84. The first-order valence-electron chi connectivity index (χ1n) is 6.08. The maximum atomic E-state index is 11.7. The number of rotatable bonds is 6. The molecule has 2 rings (SSSR count). The van der Waals surface area contributed by atoms with Gasteiger partial charge in [0.15, 0.2) is 0 Å². The molecule has 0 spiro atoms. The summed E-state index contributed by atoms with van der Waals surface area (Å²) in [6, 6.07) is 10.3. The smallest absolute Gasteiger partial charge is 0.149 e. The molecule has 0 heterocycles. The summed E-state index contributed by atoms with van der Waals surface area (Å²) < 4.78 is 0. The number of ketones is 1. The van der Waals surface area contributed by atoms with E-state index in [0.29, 0.717) is 18.2 Å². The van der Waals surface area contributed by atoms with Gasteiger partial charge in [-0.1, -0.05) is 37.3 Å². The van der Waals surface area contributed by atoms with Gasteiger partial charge in [-0.25, -0.2) is 0 Å². The van der Waals surface area contributed by atoms with E-state index in [-0.39, 0.29) is 0 Å². The standard InChI is InChI=1S/C14H19NO/c1-2-15(11-14(16)13-8-9-13)10-12-6-4-3-5-7-12/h3-7,13H,2,8-11H2,1H3. The third kappa shape index (κ3) is 3.17. The van der Waals surface area contributed by atoms with Gasteiger partial charge < -0.3 is 0 Å². The second-order valence-electron chi connectivity index (χ2n) is 4.53. The zero-order valence-electron chi connectivity index (χ0n) is 9.86. The summed E-state index contributed by atoms with van der Waals surface area (Å²) in [4.78, 5) is 13.9. The van der Waals surface area contributed by atoms with E-state index in [0.717, 1.165) is 25.9 Å². The summed E-state index contributed by atoms with van der Waals surface area (Å²) in [6.07, 6.45) is 2.23. The molecule has 86 valence electrons. The highest BCUT2D eigenvalue weighted by Crippen LogP contribution is 2.30. The summed E-state index contributed by atoms with van der Waals surface area (Å²) in [6.45, 7) is 4.56. The van der Waals surface area contributed by atoms with E-state index >= 15 is 0 Å². The van der Waals surface area contributed by atoms with E-state index in [9.17, 15) is 4.79 Å². The third-order valence-corrected chi connectivity index (χ3v) is 3.11. The van der Waals surface area contributed by atoms with E-state index in [4.69, 9.17) is 0 Å². The van der Waals surface area contributed by atoms with Crippen LogP contribution in [0, 0.1) is 5.92 Å². The second-order valence-corrected chi connectivity index (χ2v) is 4.53. The number of carbonyl (C=O) groups is 1. The molecule has 2 nitrogen and oxygen atoms in total. The summed E-state index contributed by atoms with van der Waals surface area (Å²) in [5.41, 5.74) is 1.29. The van der Waals surface area contributed by atoms with Crippen molar-refractivity contribution < 1.29 is 4.79 Å². The van der Waals surface area contributed by atoms with Crippen LogP contribution in [0.4, 0.5) is 0 Å². The van der Waals surface area contributed by atoms with Crippen molar-refractivity contribution in [3.05, 3.63) is 35.9 Å². The molecule has 0 radical (unpaired) electrons. The Kier molecular flexibility index (Phi) is 3.73. The van der Waals surface area contributed by atoms with Crippen molar-refractivity contribution in [1.82, 2.24) is 4.90 Å². The van der Waals surface area contributed by atoms with Gasteiger partial charge in [-0.2, -0.15) is 0 Å². The number of hydrogen-bond donors (Lipinski definition) is 0. The third-order valence-electron chi connectivity index (χ3n) is 3.11. The topological polar surface area (TPSA) is 20.3 Å². The minimum Gasteiger partial charge on any atom is -0.298 e. The minimum atomic E-state index is 0.379. The molecular weight excluding hydrogens is 198 g/mol. The zero-order chi connectivity index (χ0) is 11.4. The van der Waals surface area contributed by atoms with Crippen molar-refractivity contribution >= 4 is 5.78 Å². The first-order chi connectivity index (χ1) is 7.79. The van der Waals surface area contributed by atoms with Crippen molar-refractivity contribution in [1.29, 1.82) is 0 Å². The van der Waals surface area contributed by atoms with Gasteiger partial charge in [0.05, 0.1) is 6.54 Å². The number of carbonyl (C=O) groups excluding carboxylic acids is 1. The average molecular weight is 217 g/mol. The number of benzene rings is 1. The molecule has 0 aliphatic heterocycles. The highest BCUT2D eigenvalue weighted by Gasteiger charge is 2.29. The monoisotopic (exact) mass is 217 g/mol. The van der Waals surface area contributed by atoms with Crippen LogP contribution >= 0.6 is 0 Å². The molecule has 0 atom stereocenters. The van der Waals surface area contributed by atoms with E-state index in [2.05, 4.69) is 24.0 Å². The molecule has 0 N–H and O–H groups in total. The van der Waals surface area contributed by atoms with Gasteiger partial charge in [0.25, 0.3) is 0 Å². The van der Waals surface area contributed by atoms with Crippen molar-refractivity contribution in [3.63, 3.8) is 0 Å². The summed E-state index contributed by atoms with van der Waals surface area (Å²) in [5, 5.41) is 0. The largest absolute Gasteiger partial charge is 0.298 e. The van der Waals surface area contributed by atoms with Crippen LogP contribution < -0.4 is 0 Å². The fourth-order valence-electron chi connectivity index (χ4n) is 1.88. The Morgan fingerprint density at radius 2 is 2.00 bits per heavy atom. The van der Waals surface area contributed by atoms with Crippen LogP contribution in [0.1, 0.15) is 25.3 Å². The first kappa shape index (κ1) is 11.3. The van der Waals surface area contributed by atoms with Gasteiger partial charge in [0.2, 0.25) is 0 Å². The molecule has 0 bridgehead atoms. The van der Waals surface area contributed by atoms with Crippen LogP contribution in [0.25, 0.3) is 0 Å². The second kappa shape index (κ2) is 5.26. The maximum Gasteiger partial charge on any atom is 0.149 e. The van der Waals surface area contributed by atoms with E-state index in [1.165, 1.54) is 5.56 Å². The lowest BCUT2D eigenvalue weighted by atomic mass is 10.2. The predicted molar refractivity (Wildman–Crippen MR) is 65.1 cm³/mol. The van der Waals surface area contributed by atoms with Gasteiger partial charge in [0, 0.05) is 12.5 Å². The molecule has 0 aromatic heterocycles. The van der Waals surface area contributed by atoms with Gasteiger partial charge in [0.1, 0.15) is 5.78 Å². The van der Waals surface area contributed by atoms with Crippen molar-refractivity contribution in [2.75, 3.05) is 13.1 Å². The van der Waals surface area contributed by atoms with Gasteiger partial charge in [-0.15, -0.1) is 0 Å². The molecule has 0 saturated heterocycles.